The lowest BCUT2D eigenvalue weighted by Gasteiger charge is -2.07. The third-order valence-electron chi connectivity index (χ3n) is 3.26. The Morgan fingerprint density at radius 2 is 1.89 bits per heavy atom. The summed E-state index contributed by atoms with van der Waals surface area (Å²) in [6.07, 6.45) is 9.89. The molecule has 0 aliphatic carbocycles. The molecule has 96 valence electrons. The van der Waals surface area contributed by atoms with Crippen molar-refractivity contribution in [2.24, 2.45) is 0 Å². The predicted molar refractivity (Wildman–Crippen MR) is 75.6 cm³/mol. The van der Waals surface area contributed by atoms with Gasteiger partial charge in [0.2, 0.25) is 0 Å². The number of hydrogen-bond acceptors (Lipinski definition) is 1. The Hall–Kier alpha value is -1.57. The van der Waals surface area contributed by atoms with Crippen LogP contribution in [0.2, 0.25) is 0 Å². The van der Waals surface area contributed by atoms with Crippen LogP contribution >= 0.6 is 0 Å². The largest absolute Gasteiger partial charge is 0.335 e. The summed E-state index contributed by atoms with van der Waals surface area (Å²) in [5, 5.41) is 0. The van der Waals surface area contributed by atoms with Gasteiger partial charge in [0.1, 0.15) is 5.82 Å². The first kappa shape index (κ1) is 12.9. The second kappa shape index (κ2) is 7.00. The van der Waals surface area contributed by atoms with Crippen molar-refractivity contribution < 1.29 is 0 Å². The Bertz CT molecular complexity index is 445. The fraction of sp³-hybridized carbons (Fsp3) is 0.438. The summed E-state index contributed by atoms with van der Waals surface area (Å²) in [6.45, 7) is 3.34. The van der Waals surface area contributed by atoms with Crippen LogP contribution in [0.15, 0.2) is 42.7 Å². The van der Waals surface area contributed by atoms with Gasteiger partial charge in [0, 0.05) is 25.4 Å². The van der Waals surface area contributed by atoms with E-state index in [0.717, 1.165) is 19.4 Å². The summed E-state index contributed by atoms with van der Waals surface area (Å²) >= 11 is 0. The standard InChI is InChI=1S/C16H22N2/c1-2-3-13-18-14-12-17-16(18)11-7-10-15-8-5-4-6-9-15/h4-6,8-9,12,14H,2-3,7,10-11,13H2,1H3. The molecule has 0 bridgehead atoms. The molecule has 0 spiro atoms. The molecule has 0 aliphatic heterocycles. The number of nitrogens with zero attached hydrogens (tertiary/aromatic N) is 2. The molecular formula is C16H22N2. The Labute approximate surface area is 110 Å². The van der Waals surface area contributed by atoms with Gasteiger partial charge in [-0.3, -0.25) is 0 Å². The third kappa shape index (κ3) is 3.73. The maximum atomic E-state index is 4.46. The minimum Gasteiger partial charge on any atom is -0.335 e. The van der Waals surface area contributed by atoms with Crippen LogP contribution in [0, 0.1) is 0 Å². The van der Waals surface area contributed by atoms with Gasteiger partial charge >= 0.3 is 0 Å². The molecule has 0 atom stereocenters. The summed E-state index contributed by atoms with van der Waals surface area (Å²) < 4.78 is 2.30. The normalized spacial score (nSPS) is 10.7. The molecule has 2 rings (SSSR count). The minimum absolute atomic E-state index is 1.08. The fourth-order valence-electron chi connectivity index (χ4n) is 2.20. The molecule has 0 saturated carbocycles. The molecule has 1 aromatic heterocycles. The van der Waals surface area contributed by atoms with Gasteiger partial charge in [-0.15, -0.1) is 0 Å². The summed E-state index contributed by atoms with van der Waals surface area (Å²) in [7, 11) is 0. The lowest BCUT2D eigenvalue weighted by atomic mass is 10.1. The summed E-state index contributed by atoms with van der Waals surface area (Å²) in [6, 6.07) is 10.7. The second-order valence-electron chi connectivity index (χ2n) is 4.73. The van der Waals surface area contributed by atoms with Crippen molar-refractivity contribution in [2.75, 3.05) is 0 Å². The highest BCUT2D eigenvalue weighted by Crippen LogP contribution is 2.08. The van der Waals surface area contributed by atoms with E-state index < -0.39 is 0 Å². The van der Waals surface area contributed by atoms with Crippen molar-refractivity contribution >= 4 is 0 Å². The maximum Gasteiger partial charge on any atom is 0.108 e. The second-order valence-corrected chi connectivity index (χ2v) is 4.73. The van der Waals surface area contributed by atoms with E-state index in [2.05, 4.69) is 53.0 Å². The molecule has 2 aromatic rings. The van der Waals surface area contributed by atoms with Crippen molar-refractivity contribution in [2.45, 2.75) is 45.6 Å². The molecular weight excluding hydrogens is 220 g/mol. The van der Waals surface area contributed by atoms with E-state index in [4.69, 9.17) is 0 Å². The minimum atomic E-state index is 1.08. The van der Waals surface area contributed by atoms with Crippen LogP contribution in [0.4, 0.5) is 0 Å². The smallest absolute Gasteiger partial charge is 0.108 e. The number of aryl methyl sites for hydroxylation is 3. The Morgan fingerprint density at radius 3 is 2.67 bits per heavy atom. The van der Waals surface area contributed by atoms with Crippen LogP contribution in [-0.4, -0.2) is 9.55 Å². The van der Waals surface area contributed by atoms with Crippen LogP contribution in [-0.2, 0) is 19.4 Å². The molecule has 0 amide bonds. The summed E-state index contributed by atoms with van der Waals surface area (Å²) in [5.41, 5.74) is 1.42. The molecule has 0 aliphatic rings. The van der Waals surface area contributed by atoms with Crippen molar-refractivity contribution in [3.63, 3.8) is 0 Å². The van der Waals surface area contributed by atoms with Gasteiger partial charge in [-0.1, -0.05) is 43.7 Å². The average Bonchev–Trinajstić information content (AvgIpc) is 2.85. The van der Waals surface area contributed by atoms with Crippen LogP contribution in [0.5, 0.6) is 0 Å². The van der Waals surface area contributed by atoms with Crippen molar-refractivity contribution in [3.8, 4) is 0 Å². The van der Waals surface area contributed by atoms with E-state index in [0.29, 0.717) is 0 Å². The third-order valence-corrected chi connectivity index (χ3v) is 3.26. The van der Waals surface area contributed by atoms with E-state index in [-0.39, 0.29) is 0 Å². The Balaban J connectivity index is 1.81. The van der Waals surface area contributed by atoms with Crippen molar-refractivity contribution in [1.82, 2.24) is 9.55 Å². The van der Waals surface area contributed by atoms with Gasteiger partial charge in [0.15, 0.2) is 0 Å². The molecule has 1 heterocycles. The molecule has 2 heteroatoms. The Kier molecular flexibility index (Phi) is 5.00. The van der Waals surface area contributed by atoms with Crippen LogP contribution in [0.1, 0.15) is 37.6 Å². The number of rotatable bonds is 7. The highest BCUT2D eigenvalue weighted by molar-refractivity contribution is 5.14. The van der Waals surface area contributed by atoms with E-state index in [1.54, 1.807) is 0 Å². The zero-order chi connectivity index (χ0) is 12.6. The van der Waals surface area contributed by atoms with Crippen molar-refractivity contribution in [1.29, 1.82) is 0 Å². The van der Waals surface area contributed by atoms with E-state index in [9.17, 15) is 0 Å². The topological polar surface area (TPSA) is 17.8 Å². The number of benzene rings is 1. The number of hydrogen-bond donors (Lipinski definition) is 0. The SMILES string of the molecule is CCCCn1ccnc1CCCc1ccccc1. The monoisotopic (exact) mass is 242 g/mol. The average molecular weight is 242 g/mol. The summed E-state index contributed by atoms with van der Waals surface area (Å²) in [4.78, 5) is 4.46. The van der Waals surface area contributed by atoms with Crippen molar-refractivity contribution in [3.05, 3.63) is 54.1 Å². The van der Waals surface area contributed by atoms with E-state index >= 15 is 0 Å². The van der Waals surface area contributed by atoms with Crippen LogP contribution in [0.3, 0.4) is 0 Å². The lowest BCUT2D eigenvalue weighted by Crippen LogP contribution is -2.03. The zero-order valence-corrected chi connectivity index (χ0v) is 11.2. The predicted octanol–water partition coefficient (Wildman–Crippen LogP) is 3.86. The Morgan fingerprint density at radius 1 is 1.06 bits per heavy atom. The lowest BCUT2D eigenvalue weighted by molar-refractivity contribution is 0.593. The molecule has 2 nitrogen and oxygen atoms in total. The highest BCUT2D eigenvalue weighted by atomic mass is 15.1. The van der Waals surface area contributed by atoms with Gasteiger partial charge in [-0.25, -0.2) is 4.98 Å². The first-order chi connectivity index (χ1) is 8.90. The van der Waals surface area contributed by atoms with Crippen LogP contribution in [0.25, 0.3) is 0 Å². The van der Waals surface area contributed by atoms with Crippen LogP contribution < -0.4 is 0 Å². The first-order valence-corrected chi connectivity index (χ1v) is 6.94. The van der Waals surface area contributed by atoms with Gasteiger partial charge in [-0.05, 0) is 24.8 Å². The summed E-state index contributed by atoms with van der Waals surface area (Å²) in [5.74, 6) is 1.24. The number of aromatic nitrogens is 2. The maximum absolute atomic E-state index is 4.46. The van der Waals surface area contributed by atoms with Gasteiger partial charge in [-0.2, -0.15) is 0 Å². The molecule has 1 aromatic carbocycles. The van der Waals surface area contributed by atoms with Gasteiger partial charge in [0.05, 0.1) is 0 Å². The first-order valence-electron chi connectivity index (χ1n) is 6.94. The fourth-order valence-corrected chi connectivity index (χ4v) is 2.20. The molecule has 0 unspecified atom stereocenters. The van der Waals surface area contributed by atoms with E-state index in [1.807, 2.05) is 6.20 Å². The molecule has 0 fully saturated rings. The highest BCUT2D eigenvalue weighted by Gasteiger charge is 2.02. The molecule has 0 saturated heterocycles. The quantitative estimate of drug-likeness (QED) is 0.721. The number of unbranched alkanes of at least 4 members (excludes halogenated alkanes) is 1. The van der Waals surface area contributed by atoms with Gasteiger partial charge in [0.25, 0.3) is 0 Å². The molecule has 0 N–H and O–H groups in total. The number of imidazole rings is 1. The molecule has 0 radical (unpaired) electrons. The molecule has 18 heavy (non-hydrogen) atoms. The zero-order valence-electron chi connectivity index (χ0n) is 11.2. The van der Waals surface area contributed by atoms with E-state index in [1.165, 1.54) is 30.7 Å². The van der Waals surface area contributed by atoms with Gasteiger partial charge < -0.3 is 4.57 Å².